The van der Waals surface area contributed by atoms with Crippen LogP contribution in [0.3, 0.4) is 0 Å². The number of hydrogen-bond acceptors (Lipinski definition) is 4. The average Bonchev–Trinajstić information content (AvgIpc) is 2.46. The van der Waals surface area contributed by atoms with Gasteiger partial charge in [-0.1, -0.05) is 17.7 Å². The van der Waals surface area contributed by atoms with Crippen molar-refractivity contribution in [2.75, 3.05) is 6.61 Å². The fourth-order valence-corrected chi connectivity index (χ4v) is 1.83. The highest BCUT2D eigenvalue weighted by molar-refractivity contribution is 6.32. The normalized spacial score (nSPS) is 10.2. The standard InChI is InChI=1S/C14H9ClFNO4/c15-11-2-1-3-12(16)14(11)21-8-13(18)9-4-6-10(7-5-9)17(19)20/h1-7H,8H2. The third-order valence-corrected chi connectivity index (χ3v) is 2.96. The highest BCUT2D eigenvalue weighted by atomic mass is 35.5. The van der Waals surface area contributed by atoms with Crippen LogP contribution in [0.4, 0.5) is 10.1 Å². The zero-order valence-corrected chi connectivity index (χ0v) is 11.3. The Bertz CT molecular complexity index is 668. The third-order valence-electron chi connectivity index (χ3n) is 2.67. The molecule has 2 aromatic rings. The molecule has 0 amide bonds. The Labute approximate surface area is 124 Å². The number of para-hydroxylation sites is 1. The number of nitro groups is 1. The van der Waals surface area contributed by atoms with Gasteiger partial charge in [0.1, 0.15) is 0 Å². The number of nitro benzene ring substituents is 1. The minimum absolute atomic E-state index is 0.0616. The molecule has 0 heterocycles. The van der Waals surface area contributed by atoms with E-state index in [0.717, 1.165) is 6.07 Å². The van der Waals surface area contributed by atoms with Crippen molar-refractivity contribution in [1.82, 2.24) is 0 Å². The number of Topliss-reactive ketones (excluding diaryl/α,β-unsaturated/α-hetero) is 1. The van der Waals surface area contributed by atoms with Gasteiger partial charge in [-0.15, -0.1) is 0 Å². The van der Waals surface area contributed by atoms with Crippen LogP contribution in [0.2, 0.25) is 5.02 Å². The van der Waals surface area contributed by atoms with Gasteiger partial charge in [-0.05, 0) is 24.3 Å². The lowest BCUT2D eigenvalue weighted by Crippen LogP contribution is -2.12. The topological polar surface area (TPSA) is 69.4 Å². The molecule has 0 aliphatic heterocycles. The smallest absolute Gasteiger partial charge is 0.269 e. The van der Waals surface area contributed by atoms with Crippen molar-refractivity contribution in [3.63, 3.8) is 0 Å². The maximum atomic E-state index is 13.4. The number of hydrogen-bond donors (Lipinski definition) is 0. The van der Waals surface area contributed by atoms with Crippen LogP contribution in [-0.4, -0.2) is 17.3 Å². The van der Waals surface area contributed by atoms with Gasteiger partial charge in [0.25, 0.3) is 5.69 Å². The molecule has 0 saturated carbocycles. The van der Waals surface area contributed by atoms with Gasteiger partial charge >= 0.3 is 0 Å². The summed E-state index contributed by atoms with van der Waals surface area (Å²) in [7, 11) is 0. The Kier molecular flexibility index (Phi) is 4.49. The van der Waals surface area contributed by atoms with E-state index in [1.807, 2.05) is 0 Å². The van der Waals surface area contributed by atoms with E-state index in [1.165, 1.54) is 36.4 Å². The van der Waals surface area contributed by atoms with E-state index in [4.69, 9.17) is 16.3 Å². The van der Waals surface area contributed by atoms with E-state index in [2.05, 4.69) is 0 Å². The number of non-ortho nitro benzene ring substituents is 1. The lowest BCUT2D eigenvalue weighted by atomic mass is 10.1. The second-order valence-electron chi connectivity index (χ2n) is 4.07. The second kappa shape index (κ2) is 6.32. The van der Waals surface area contributed by atoms with E-state index in [0.29, 0.717) is 0 Å². The minimum Gasteiger partial charge on any atom is -0.481 e. The molecule has 2 aromatic carbocycles. The number of ketones is 1. The van der Waals surface area contributed by atoms with E-state index in [9.17, 15) is 19.3 Å². The zero-order valence-electron chi connectivity index (χ0n) is 10.6. The minimum atomic E-state index is -0.668. The molecule has 0 aliphatic rings. The SMILES string of the molecule is O=C(COc1c(F)cccc1Cl)c1ccc([N+](=O)[O-])cc1. The van der Waals surface area contributed by atoms with Gasteiger partial charge in [0, 0.05) is 17.7 Å². The number of halogens is 2. The predicted molar refractivity (Wildman–Crippen MR) is 74.3 cm³/mol. The molecule has 5 nitrogen and oxygen atoms in total. The number of carbonyl (C=O) groups is 1. The first kappa shape index (κ1) is 14.9. The second-order valence-corrected chi connectivity index (χ2v) is 4.47. The van der Waals surface area contributed by atoms with Crippen molar-refractivity contribution in [2.24, 2.45) is 0 Å². The van der Waals surface area contributed by atoms with Gasteiger partial charge in [0.15, 0.2) is 24.0 Å². The summed E-state index contributed by atoms with van der Waals surface area (Å²) in [5.74, 6) is -1.31. The number of benzene rings is 2. The largest absolute Gasteiger partial charge is 0.481 e. The summed E-state index contributed by atoms with van der Waals surface area (Å²) in [6, 6.07) is 9.07. The maximum absolute atomic E-state index is 13.4. The van der Waals surface area contributed by atoms with Crippen LogP contribution >= 0.6 is 11.6 Å². The molecule has 0 aromatic heterocycles. The molecule has 0 bridgehead atoms. The molecule has 2 rings (SSSR count). The highest BCUT2D eigenvalue weighted by Crippen LogP contribution is 2.27. The van der Waals surface area contributed by atoms with Crippen molar-refractivity contribution in [3.8, 4) is 5.75 Å². The highest BCUT2D eigenvalue weighted by Gasteiger charge is 2.13. The molecule has 0 saturated heterocycles. The third kappa shape index (κ3) is 3.55. The lowest BCUT2D eigenvalue weighted by Gasteiger charge is -2.08. The van der Waals surface area contributed by atoms with Gasteiger partial charge in [-0.2, -0.15) is 0 Å². The Morgan fingerprint density at radius 3 is 2.48 bits per heavy atom. The Hall–Kier alpha value is -2.47. The van der Waals surface area contributed by atoms with Crippen molar-refractivity contribution < 1.29 is 18.8 Å². The molecule has 0 radical (unpaired) electrons. The summed E-state index contributed by atoms with van der Waals surface area (Å²) in [6.07, 6.45) is 0. The summed E-state index contributed by atoms with van der Waals surface area (Å²) >= 11 is 5.76. The van der Waals surface area contributed by atoms with Crippen LogP contribution in [0.25, 0.3) is 0 Å². The van der Waals surface area contributed by atoms with Gasteiger partial charge in [0.05, 0.1) is 9.95 Å². The fourth-order valence-electron chi connectivity index (χ4n) is 1.61. The molecule has 0 N–H and O–H groups in total. The first-order valence-electron chi connectivity index (χ1n) is 5.83. The zero-order chi connectivity index (χ0) is 15.4. The molecule has 21 heavy (non-hydrogen) atoms. The molecule has 0 spiro atoms. The first-order valence-corrected chi connectivity index (χ1v) is 6.21. The molecule has 0 aliphatic carbocycles. The summed E-state index contributed by atoms with van der Waals surface area (Å²) in [5.41, 5.74) is 0.109. The van der Waals surface area contributed by atoms with Gasteiger partial charge < -0.3 is 4.74 Å². The molecular weight excluding hydrogens is 301 g/mol. The summed E-state index contributed by atoms with van der Waals surface area (Å²) < 4.78 is 18.5. The number of rotatable bonds is 5. The van der Waals surface area contributed by atoms with Crippen molar-refractivity contribution in [3.05, 3.63) is 69.0 Å². The van der Waals surface area contributed by atoms with Crippen molar-refractivity contribution >= 4 is 23.1 Å². The molecular formula is C14H9ClFNO4. The van der Waals surface area contributed by atoms with E-state index < -0.39 is 23.1 Å². The summed E-state index contributed by atoms with van der Waals surface area (Å²) in [5, 5.41) is 10.6. The number of ether oxygens (including phenoxy) is 1. The monoisotopic (exact) mass is 309 g/mol. The average molecular weight is 310 g/mol. The van der Waals surface area contributed by atoms with E-state index in [1.54, 1.807) is 0 Å². The predicted octanol–water partition coefficient (Wildman–Crippen LogP) is 3.65. The molecule has 0 atom stereocenters. The van der Waals surface area contributed by atoms with Crippen LogP contribution < -0.4 is 4.74 Å². The Balaban J connectivity index is 2.06. The molecule has 0 unspecified atom stereocenters. The summed E-state index contributed by atoms with van der Waals surface area (Å²) in [6.45, 7) is -0.418. The maximum Gasteiger partial charge on any atom is 0.269 e. The molecule has 0 fully saturated rings. The van der Waals surface area contributed by atoms with Gasteiger partial charge in [0.2, 0.25) is 0 Å². The molecule has 7 heteroatoms. The Morgan fingerprint density at radius 2 is 1.90 bits per heavy atom. The van der Waals surface area contributed by atoms with Crippen LogP contribution in [0, 0.1) is 15.9 Å². The van der Waals surface area contributed by atoms with Crippen LogP contribution in [0.15, 0.2) is 42.5 Å². The van der Waals surface area contributed by atoms with Crippen molar-refractivity contribution in [2.45, 2.75) is 0 Å². The van der Waals surface area contributed by atoms with E-state index >= 15 is 0 Å². The van der Waals surface area contributed by atoms with Crippen molar-refractivity contribution in [1.29, 1.82) is 0 Å². The van der Waals surface area contributed by atoms with Gasteiger partial charge in [-0.3, -0.25) is 14.9 Å². The molecule has 108 valence electrons. The lowest BCUT2D eigenvalue weighted by molar-refractivity contribution is -0.384. The quantitative estimate of drug-likeness (QED) is 0.480. The summed E-state index contributed by atoms with van der Waals surface area (Å²) in [4.78, 5) is 21.8. The fraction of sp³-hybridized carbons (Fsp3) is 0.0714. The number of nitrogens with zero attached hydrogens (tertiary/aromatic N) is 1. The first-order chi connectivity index (χ1) is 9.99. The van der Waals surface area contributed by atoms with Crippen LogP contribution in [0.1, 0.15) is 10.4 Å². The van der Waals surface area contributed by atoms with Gasteiger partial charge in [-0.25, -0.2) is 4.39 Å². The van der Waals surface area contributed by atoms with E-state index in [-0.39, 0.29) is 22.0 Å². The number of carbonyl (C=O) groups excluding carboxylic acids is 1. The van der Waals surface area contributed by atoms with Crippen LogP contribution in [-0.2, 0) is 0 Å². The van der Waals surface area contributed by atoms with Crippen LogP contribution in [0.5, 0.6) is 5.75 Å². The Morgan fingerprint density at radius 1 is 1.24 bits per heavy atom.